The summed E-state index contributed by atoms with van der Waals surface area (Å²) in [5.74, 6) is 0. The summed E-state index contributed by atoms with van der Waals surface area (Å²) >= 11 is 3.60. The summed E-state index contributed by atoms with van der Waals surface area (Å²) in [6.07, 6.45) is 7.85. The van der Waals surface area contributed by atoms with Gasteiger partial charge in [-0.15, -0.1) is 0 Å². The van der Waals surface area contributed by atoms with Gasteiger partial charge in [0.25, 0.3) is 0 Å². The lowest BCUT2D eigenvalue weighted by Crippen LogP contribution is -2.45. The quantitative estimate of drug-likeness (QED) is 0.752. The Balaban J connectivity index is 1.66. The number of pyridine rings is 2. The van der Waals surface area contributed by atoms with Crippen molar-refractivity contribution in [3.8, 4) is 0 Å². The van der Waals surface area contributed by atoms with Crippen molar-refractivity contribution in [2.24, 2.45) is 0 Å². The van der Waals surface area contributed by atoms with Gasteiger partial charge >= 0.3 is 0 Å². The SMILES string of the molecule is Cc1cc(Br)cn2c(CN3CCNCC3c3ccncc3)cnc12. The Bertz CT molecular complexity index is 845. The van der Waals surface area contributed by atoms with Crippen LogP contribution in [0.2, 0.25) is 0 Å². The molecule has 0 spiro atoms. The normalized spacial score (nSPS) is 19.0. The van der Waals surface area contributed by atoms with E-state index in [1.165, 1.54) is 16.8 Å². The third-order valence-corrected chi connectivity index (χ3v) is 5.08. The van der Waals surface area contributed by atoms with E-state index < -0.39 is 0 Å². The molecule has 3 aromatic rings. The van der Waals surface area contributed by atoms with Gasteiger partial charge in [-0.05, 0) is 52.2 Å². The van der Waals surface area contributed by atoms with Crippen LogP contribution < -0.4 is 5.32 Å². The molecule has 24 heavy (non-hydrogen) atoms. The molecule has 1 aliphatic rings. The second-order valence-corrected chi connectivity index (χ2v) is 7.17. The third-order valence-electron chi connectivity index (χ3n) is 4.64. The minimum Gasteiger partial charge on any atom is -0.314 e. The van der Waals surface area contributed by atoms with E-state index in [2.05, 4.69) is 71.8 Å². The van der Waals surface area contributed by atoms with Crippen LogP contribution in [0.25, 0.3) is 5.65 Å². The number of imidazole rings is 1. The molecule has 3 aromatic heterocycles. The molecule has 1 unspecified atom stereocenters. The molecule has 0 bridgehead atoms. The maximum absolute atomic E-state index is 4.61. The summed E-state index contributed by atoms with van der Waals surface area (Å²) in [5.41, 5.74) is 4.74. The Hall–Kier alpha value is -1.76. The van der Waals surface area contributed by atoms with Crippen LogP contribution in [0.4, 0.5) is 0 Å². The van der Waals surface area contributed by atoms with Crippen LogP contribution in [-0.2, 0) is 6.54 Å². The topological polar surface area (TPSA) is 45.5 Å². The number of hydrogen-bond donors (Lipinski definition) is 1. The van der Waals surface area contributed by atoms with Crippen LogP contribution in [0.1, 0.15) is 22.9 Å². The summed E-state index contributed by atoms with van der Waals surface area (Å²) < 4.78 is 3.28. The molecule has 5 nitrogen and oxygen atoms in total. The van der Waals surface area contributed by atoms with Crippen molar-refractivity contribution in [1.29, 1.82) is 0 Å². The second-order valence-electron chi connectivity index (χ2n) is 6.26. The molecule has 1 fully saturated rings. The number of nitrogens with zero attached hydrogens (tertiary/aromatic N) is 4. The van der Waals surface area contributed by atoms with E-state index in [0.29, 0.717) is 6.04 Å². The minimum absolute atomic E-state index is 0.362. The molecular weight excluding hydrogens is 366 g/mol. The summed E-state index contributed by atoms with van der Waals surface area (Å²) in [6.45, 7) is 5.98. The number of nitrogens with one attached hydrogen (secondary N) is 1. The predicted molar refractivity (Wildman–Crippen MR) is 97.9 cm³/mol. The fourth-order valence-electron chi connectivity index (χ4n) is 3.44. The number of rotatable bonds is 3. The number of aromatic nitrogens is 3. The Morgan fingerprint density at radius 2 is 2.17 bits per heavy atom. The van der Waals surface area contributed by atoms with Gasteiger partial charge in [0.15, 0.2) is 0 Å². The van der Waals surface area contributed by atoms with Crippen LogP contribution in [0.15, 0.2) is 47.5 Å². The minimum atomic E-state index is 0.362. The van der Waals surface area contributed by atoms with Gasteiger partial charge in [-0.3, -0.25) is 9.88 Å². The molecule has 0 saturated carbocycles. The van der Waals surface area contributed by atoms with Gasteiger partial charge in [0.1, 0.15) is 5.65 Å². The third kappa shape index (κ3) is 2.97. The fraction of sp³-hybridized carbons (Fsp3) is 0.333. The van der Waals surface area contributed by atoms with Gasteiger partial charge in [-0.25, -0.2) is 4.98 Å². The summed E-state index contributed by atoms with van der Waals surface area (Å²) in [7, 11) is 0. The van der Waals surface area contributed by atoms with E-state index in [9.17, 15) is 0 Å². The first kappa shape index (κ1) is 15.7. The maximum Gasteiger partial charge on any atom is 0.139 e. The summed E-state index contributed by atoms with van der Waals surface area (Å²) in [6, 6.07) is 6.69. The number of piperazine rings is 1. The molecule has 1 saturated heterocycles. The Morgan fingerprint density at radius 1 is 1.33 bits per heavy atom. The zero-order valence-corrected chi connectivity index (χ0v) is 15.2. The number of halogens is 1. The van der Waals surface area contributed by atoms with Crippen molar-refractivity contribution >= 4 is 21.6 Å². The van der Waals surface area contributed by atoms with Crippen LogP contribution in [0.5, 0.6) is 0 Å². The predicted octanol–water partition coefficient (Wildman–Crippen LogP) is 2.95. The molecule has 1 aliphatic heterocycles. The zero-order valence-electron chi connectivity index (χ0n) is 13.6. The first-order chi connectivity index (χ1) is 11.7. The van der Waals surface area contributed by atoms with Crippen molar-refractivity contribution in [3.63, 3.8) is 0 Å². The lowest BCUT2D eigenvalue weighted by molar-refractivity contribution is 0.151. The lowest BCUT2D eigenvalue weighted by Gasteiger charge is -2.36. The average Bonchev–Trinajstić information content (AvgIpc) is 2.99. The van der Waals surface area contributed by atoms with Crippen LogP contribution in [0, 0.1) is 6.92 Å². The van der Waals surface area contributed by atoms with Crippen molar-refractivity contribution < 1.29 is 0 Å². The second kappa shape index (κ2) is 6.63. The molecule has 4 heterocycles. The molecule has 124 valence electrons. The van der Waals surface area contributed by atoms with E-state index in [1.807, 2.05) is 18.6 Å². The first-order valence-electron chi connectivity index (χ1n) is 8.19. The van der Waals surface area contributed by atoms with Gasteiger partial charge in [-0.2, -0.15) is 0 Å². The van der Waals surface area contributed by atoms with Crippen molar-refractivity contribution in [1.82, 2.24) is 24.6 Å². The van der Waals surface area contributed by atoms with Gasteiger partial charge < -0.3 is 9.72 Å². The largest absolute Gasteiger partial charge is 0.314 e. The maximum atomic E-state index is 4.61. The van der Waals surface area contributed by atoms with Gasteiger partial charge in [0.05, 0.1) is 11.9 Å². The highest BCUT2D eigenvalue weighted by Crippen LogP contribution is 2.25. The fourth-order valence-corrected chi connectivity index (χ4v) is 3.99. The Labute approximate surface area is 149 Å². The number of hydrogen-bond acceptors (Lipinski definition) is 4. The number of fused-ring (bicyclic) bond motifs is 1. The van der Waals surface area contributed by atoms with Crippen LogP contribution in [-0.4, -0.2) is 38.9 Å². The van der Waals surface area contributed by atoms with Crippen LogP contribution in [0.3, 0.4) is 0 Å². The molecular formula is C18H20BrN5. The molecule has 1 atom stereocenters. The van der Waals surface area contributed by atoms with E-state index in [1.54, 1.807) is 0 Å². The van der Waals surface area contributed by atoms with Crippen molar-refractivity contribution in [3.05, 3.63) is 64.3 Å². The van der Waals surface area contributed by atoms with Crippen molar-refractivity contribution in [2.45, 2.75) is 19.5 Å². The van der Waals surface area contributed by atoms with E-state index in [0.717, 1.165) is 36.3 Å². The molecule has 0 aliphatic carbocycles. The van der Waals surface area contributed by atoms with Gasteiger partial charge in [0, 0.05) is 55.3 Å². The highest BCUT2D eigenvalue weighted by Gasteiger charge is 2.24. The van der Waals surface area contributed by atoms with Gasteiger partial charge in [0.2, 0.25) is 0 Å². The number of aryl methyl sites for hydroxylation is 1. The summed E-state index contributed by atoms with van der Waals surface area (Å²) in [5, 5.41) is 3.51. The molecule has 0 radical (unpaired) electrons. The van der Waals surface area contributed by atoms with Gasteiger partial charge in [-0.1, -0.05) is 0 Å². The molecule has 0 amide bonds. The van der Waals surface area contributed by atoms with E-state index >= 15 is 0 Å². The Morgan fingerprint density at radius 3 is 3.00 bits per heavy atom. The highest BCUT2D eigenvalue weighted by molar-refractivity contribution is 9.10. The lowest BCUT2D eigenvalue weighted by atomic mass is 10.0. The monoisotopic (exact) mass is 385 g/mol. The molecule has 1 N–H and O–H groups in total. The molecule has 0 aromatic carbocycles. The van der Waals surface area contributed by atoms with E-state index in [-0.39, 0.29) is 0 Å². The standard InChI is InChI=1S/C18H20BrN5/c1-13-8-15(19)11-24-16(9-22-18(13)24)12-23-7-6-21-10-17(23)14-2-4-20-5-3-14/h2-5,8-9,11,17,21H,6-7,10,12H2,1H3. The summed E-state index contributed by atoms with van der Waals surface area (Å²) in [4.78, 5) is 11.3. The molecule has 4 rings (SSSR count). The zero-order chi connectivity index (χ0) is 16.5. The smallest absolute Gasteiger partial charge is 0.139 e. The van der Waals surface area contributed by atoms with Crippen molar-refractivity contribution in [2.75, 3.05) is 19.6 Å². The molecule has 6 heteroatoms. The average molecular weight is 386 g/mol. The van der Waals surface area contributed by atoms with E-state index in [4.69, 9.17) is 0 Å². The van der Waals surface area contributed by atoms with Crippen LogP contribution >= 0.6 is 15.9 Å². The highest BCUT2D eigenvalue weighted by atomic mass is 79.9. The first-order valence-corrected chi connectivity index (χ1v) is 8.98. The Kier molecular flexibility index (Phi) is 4.35.